The minimum absolute atomic E-state index is 0.0998. The number of amides is 4. The summed E-state index contributed by atoms with van der Waals surface area (Å²) in [5.74, 6) is -5.10. The quantitative estimate of drug-likeness (QED) is 0.240. The van der Waals surface area contributed by atoms with Gasteiger partial charge in [-0.25, -0.2) is 0 Å². The number of phenols is 1. The summed E-state index contributed by atoms with van der Waals surface area (Å²) in [5, 5.41) is 11.2. The molecule has 6 atom stereocenters. The van der Waals surface area contributed by atoms with Gasteiger partial charge in [-0.05, 0) is 45.6 Å². The fourth-order valence-electron chi connectivity index (χ4n) is 6.70. The van der Waals surface area contributed by atoms with Gasteiger partial charge in [0.2, 0.25) is 11.8 Å². The summed E-state index contributed by atoms with van der Waals surface area (Å²) in [7, 11) is 1.40. The van der Waals surface area contributed by atoms with Crippen LogP contribution in [0.2, 0.25) is 0 Å². The highest BCUT2D eigenvalue weighted by Crippen LogP contribution is 2.66. The van der Waals surface area contributed by atoms with Crippen molar-refractivity contribution in [1.29, 1.82) is 0 Å². The van der Waals surface area contributed by atoms with Gasteiger partial charge in [0.05, 0.1) is 24.4 Å². The van der Waals surface area contributed by atoms with Crippen LogP contribution in [0.1, 0.15) is 45.1 Å². The van der Waals surface area contributed by atoms with E-state index in [0.29, 0.717) is 5.57 Å². The average Bonchev–Trinajstić information content (AvgIpc) is 3.18. The zero-order valence-corrected chi connectivity index (χ0v) is 23.9. The van der Waals surface area contributed by atoms with Gasteiger partial charge >= 0.3 is 0 Å². The van der Waals surface area contributed by atoms with E-state index in [1.807, 2.05) is 6.08 Å². The number of aromatic hydroxyl groups is 1. The zero-order chi connectivity index (χ0) is 27.2. The molecule has 0 spiro atoms. The van der Waals surface area contributed by atoms with Gasteiger partial charge in [-0.15, -0.1) is 23.2 Å². The van der Waals surface area contributed by atoms with Crippen LogP contribution < -0.4 is 4.74 Å². The first-order valence-corrected chi connectivity index (χ1v) is 13.9. The third-order valence-electron chi connectivity index (χ3n) is 8.25. The molecule has 4 amide bonds. The molecule has 1 aromatic rings. The van der Waals surface area contributed by atoms with Crippen LogP contribution in [0.3, 0.4) is 0 Å². The van der Waals surface area contributed by atoms with E-state index in [-0.39, 0.29) is 47.2 Å². The molecule has 3 fully saturated rings. The number of imide groups is 2. The number of hydrogen-bond donors (Lipinski definition) is 1. The number of nitrogens with zero attached hydrogens (tertiary/aromatic N) is 2. The maximum atomic E-state index is 13.8. The number of hydrogen-bond acceptors (Lipinski definition) is 6. The van der Waals surface area contributed by atoms with Crippen LogP contribution in [0.25, 0.3) is 0 Å². The smallest absolute Gasteiger partial charge is 0.254 e. The van der Waals surface area contributed by atoms with Crippen LogP contribution in [0.4, 0.5) is 0 Å². The van der Waals surface area contributed by atoms with Gasteiger partial charge in [-0.3, -0.25) is 29.0 Å². The zero-order valence-electron chi connectivity index (χ0n) is 20.8. The van der Waals surface area contributed by atoms with Crippen molar-refractivity contribution in [2.75, 3.05) is 12.6 Å². The number of benzene rings is 1. The molecule has 198 valence electrons. The Labute approximate surface area is 233 Å². The number of rotatable bonds is 3. The molecule has 4 aliphatic rings. The van der Waals surface area contributed by atoms with Crippen LogP contribution in [0, 0.1) is 17.8 Å². The molecule has 2 saturated heterocycles. The molecule has 37 heavy (non-hydrogen) atoms. The predicted molar refractivity (Wildman–Crippen MR) is 140 cm³/mol. The average molecular weight is 614 g/mol. The Morgan fingerprint density at radius 3 is 2.38 bits per heavy atom. The fourth-order valence-corrected chi connectivity index (χ4v) is 8.11. The monoisotopic (exact) mass is 612 g/mol. The Morgan fingerprint density at radius 2 is 1.78 bits per heavy atom. The molecule has 1 aromatic carbocycles. The predicted octanol–water partition coefficient (Wildman–Crippen LogP) is 3.91. The molecule has 0 radical (unpaired) electrons. The Morgan fingerprint density at radius 1 is 1.11 bits per heavy atom. The van der Waals surface area contributed by atoms with E-state index in [1.54, 1.807) is 39.0 Å². The maximum absolute atomic E-state index is 13.8. The van der Waals surface area contributed by atoms with Gasteiger partial charge in [-0.1, -0.05) is 39.7 Å². The second-order valence-corrected chi connectivity index (χ2v) is 12.8. The highest BCUT2D eigenvalue weighted by Gasteiger charge is 2.76. The van der Waals surface area contributed by atoms with E-state index < -0.39 is 50.8 Å². The Bertz CT molecular complexity index is 1280. The van der Waals surface area contributed by atoms with E-state index in [4.69, 9.17) is 27.9 Å². The number of allylic oxidation sites excluding steroid dienone is 2. The van der Waals surface area contributed by atoms with Crippen LogP contribution in [0.15, 0.2) is 29.8 Å². The highest BCUT2D eigenvalue weighted by molar-refractivity contribution is 9.09. The van der Waals surface area contributed by atoms with Crippen molar-refractivity contribution in [3.05, 3.63) is 35.4 Å². The van der Waals surface area contributed by atoms with Crippen molar-refractivity contribution < 1.29 is 29.0 Å². The van der Waals surface area contributed by atoms with Crippen molar-refractivity contribution in [3.63, 3.8) is 0 Å². The van der Waals surface area contributed by atoms with Crippen molar-refractivity contribution in [2.24, 2.45) is 17.8 Å². The summed E-state index contributed by atoms with van der Waals surface area (Å²) in [6.45, 7) is 5.39. The lowest BCUT2D eigenvalue weighted by molar-refractivity contribution is -0.146. The van der Waals surface area contributed by atoms with Crippen molar-refractivity contribution in [3.8, 4) is 11.5 Å². The maximum Gasteiger partial charge on any atom is 0.254 e. The number of likely N-dealkylation sites (tertiary alicyclic amines) is 2. The Kier molecular flexibility index (Phi) is 6.05. The summed E-state index contributed by atoms with van der Waals surface area (Å²) in [6, 6.07) is 4.82. The number of carbonyl (C=O) groups is 4. The van der Waals surface area contributed by atoms with Gasteiger partial charge < -0.3 is 9.84 Å². The van der Waals surface area contributed by atoms with Gasteiger partial charge in [0.25, 0.3) is 11.8 Å². The van der Waals surface area contributed by atoms with E-state index in [2.05, 4.69) is 15.9 Å². The number of phenolic OH excluding ortho intramolecular Hbond substituents is 1. The lowest BCUT2D eigenvalue weighted by Crippen LogP contribution is -2.60. The van der Waals surface area contributed by atoms with E-state index >= 15 is 0 Å². The van der Waals surface area contributed by atoms with Gasteiger partial charge in [0, 0.05) is 17.0 Å². The molecule has 2 aliphatic carbocycles. The molecule has 11 heteroatoms. The molecular formula is C26H27BrCl2N2O6. The second-order valence-electron chi connectivity index (χ2n) is 11.1. The lowest BCUT2D eigenvalue weighted by Gasteiger charge is -2.50. The van der Waals surface area contributed by atoms with E-state index in [0.717, 1.165) is 4.90 Å². The fraction of sp³-hybridized carbons (Fsp3) is 0.538. The normalized spacial score (nSPS) is 35.4. The molecule has 1 saturated carbocycles. The van der Waals surface area contributed by atoms with E-state index in [9.17, 15) is 24.3 Å². The van der Waals surface area contributed by atoms with E-state index in [1.165, 1.54) is 12.0 Å². The lowest BCUT2D eigenvalue weighted by atomic mass is 9.56. The number of halogens is 3. The van der Waals surface area contributed by atoms with Gasteiger partial charge in [0.15, 0.2) is 21.2 Å². The molecule has 2 heterocycles. The molecule has 2 aliphatic heterocycles. The van der Waals surface area contributed by atoms with Gasteiger partial charge in [0.1, 0.15) is 0 Å². The highest BCUT2D eigenvalue weighted by atomic mass is 79.9. The SMILES string of the molecule is COc1cccc([C@H]2C3=CC[C@@H]4C(=O)N(C(C)(C)C)C(=O)[C@@H]4[C@@H]3C[C@@]3(Cl)C(=O)N(CBr)C(=O)[C@@]23Cl)c1O. The minimum Gasteiger partial charge on any atom is -0.504 e. The topological polar surface area (TPSA) is 104 Å². The number of para-hydroxylation sites is 1. The van der Waals surface area contributed by atoms with Crippen LogP contribution in [0.5, 0.6) is 11.5 Å². The molecule has 0 aromatic heterocycles. The molecule has 0 bridgehead atoms. The molecular weight excluding hydrogens is 587 g/mol. The van der Waals surface area contributed by atoms with Crippen LogP contribution >= 0.6 is 39.1 Å². The standard InChI is InChI=1S/C26H27BrCl2N2O6/c1-24(2,3)31-20(33)13-9-8-12-15(17(13)21(31)34)10-25(28)22(35)30(11-27)23(36)26(25,29)18(12)14-6-5-7-16(37-4)19(14)32/h5-8,13,15,17-18,32H,9-11H2,1-4H3/t13-,15+,17-,18+,25+,26-/m0/s1. The van der Waals surface area contributed by atoms with Crippen LogP contribution in [-0.2, 0) is 19.2 Å². The van der Waals surface area contributed by atoms with Crippen molar-refractivity contribution >= 4 is 62.8 Å². The van der Waals surface area contributed by atoms with Crippen molar-refractivity contribution in [1.82, 2.24) is 9.80 Å². The summed E-state index contributed by atoms with van der Waals surface area (Å²) < 4.78 is 5.30. The third kappa shape index (κ3) is 3.26. The minimum atomic E-state index is -1.98. The summed E-state index contributed by atoms with van der Waals surface area (Å²) in [5.41, 5.74) is 0.0300. The third-order valence-corrected chi connectivity index (χ3v) is 10.2. The van der Waals surface area contributed by atoms with Gasteiger partial charge in [-0.2, -0.15) is 0 Å². The summed E-state index contributed by atoms with van der Waals surface area (Å²) >= 11 is 17.5. The Hall–Kier alpha value is -2.10. The Balaban J connectivity index is 1.75. The summed E-state index contributed by atoms with van der Waals surface area (Å²) in [4.78, 5) is 52.9. The number of carbonyl (C=O) groups excluding carboxylic acids is 4. The van der Waals surface area contributed by atoms with Crippen molar-refractivity contribution in [2.45, 2.75) is 54.8 Å². The molecule has 0 unspecified atom stereocenters. The van der Waals surface area contributed by atoms with Crippen LogP contribution in [-0.4, -0.2) is 66.4 Å². The molecule has 1 N–H and O–H groups in total. The number of alkyl halides is 3. The number of fused-ring (bicyclic) bond motifs is 4. The number of methoxy groups -OCH3 is 1. The molecule has 5 rings (SSSR count). The molecule has 8 nitrogen and oxygen atoms in total. The number of ether oxygens (including phenoxy) is 1. The first kappa shape index (κ1) is 26.5. The first-order chi connectivity index (χ1) is 17.3. The second kappa shape index (κ2) is 8.45. The largest absolute Gasteiger partial charge is 0.504 e. The summed E-state index contributed by atoms with van der Waals surface area (Å²) in [6.07, 6.45) is 2.00. The first-order valence-electron chi connectivity index (χ1n) is 12.0.